The van der Waals surface area contributed by atoms with Gasteiger partial charge in [-0.25, -0.2) is 13.1 Å². The maximum atomic E-state index is 11.3. The average Bonchev–Trinajstić information content (AvgIpc) is 2.64. The van der Waals surface area contributed by atoms with Gasteiger partial charge in [0.15, 0.2) is 0 Å². The van der Waals surface area contributed by atoms with Crippen molar-refractivity contribution in [3.63, 3.8) is 0 Å². The summed E-state index contributed by atoms with van der Waals surface area (Å²) in [7, 11) is -3.21. The Morgan fingerprint density at radius 2 is 2.18 bits per heavy atom. The molecule has 126 valence electrons. The lowest BCUT2D eigenvalue weighted by molar-refractivity contribution is 0.0322. The Balaban J connectivity index is 0.00000242. The van der Waals surface area contributed by atoms with Gasteiger partial charge in [0.2, 0.25) is 10.0 Å². The van der Waals surface area contributed by atoms with Crippen LogP contribution < -0.4 is 10.0 Å². The maximum Gasteiger partial charge on any atom is 0.208 e. The van der Waals surface area contributed by atoms with E-state index >= 15 is 0 Å². The molecule has 8 heteroatoms. The third kappa shape index (κ3) is 5.68. The molecular formula is C14H22Cl2N2O3S. The predicted octanol–water partition coefficient (Wildman–Crippen LogP) is 1.90. The lowest BCUT2D eigenvalue weighted by Gasteiger charge is -2.25. The second-order valence-electron chi connectivity index (χ2n) is 5.38. The lowest BCUT2D eigenvalue weighted by atomic mass is 9.94. The van der Waals surface area contributed by atoms with E-state index in [1.165, 1.54) is 6.26 Å². The molecule has 1 heterocycles. The molecule has 1 saturated heterocycles. The van der Waals surface area contributed by atoms with Crippen molar-refractivity contribution >= 4 is 34.0 Å². The Kier molecular flexibility index (Phi) is 7.58. The van der Waals surface area contributed by atoms with Crippen LogP contribution in [0.25, 0.3) is 0 Å². The number of nitrogens with one attached hydrogen (secondary N) is 2. The Morgan fingerprint density at radius 1 is 1.45 bits per heavy atom. The van der Waals surface area contributed by atoms with Gasteiger partial charge in [-0.2, -0.15) is 0 Å². The number of aryl methyl sites for hydroxylation is 1. The normalized spacial score (nSPS) is 22.7. The molecule has 5 nitrogen and oxygen atoms in total. The largest absolute Gasteiger partial charge is 0.372 e. The van der Waals surface area contributed by atoms with E-state index in [1.54, 1.807) is 0 Å². The maximum absolute atomic E-state index is 11.3. The zero-order valence-electron chi connectivity index (χ0n) is 12.6. The lowest BCUT2D eigenvalue weighted by Crippen LogP contribution is -2.36. The minimum absolute atomic E-state index is 0. The van der Waals surface area contributed by atoms with E-state index in [9.17, 15) is 8.42 Å². The van der Waals surface area contributed by atoms with E-state index in [0.29, 0.717) is 19.7 Å². The van der Waals surface area contributed by atoms with Crippen molar-refractivity contribution in [2.45, 2.75) is 13.0 Å². The summed E-state index contributed by atoms with van der Waals surface area (Å²) in [6, 6.07) is 5.81. The van der Waals surface area contributed by atoms with Gasteiger partial charge in [0.05, 0.1) is 19.0 Å². The molecule has 1 fully saturated rings. The van der Waals surface area contributed by atoms with Gasteiger partial charge < -0.3 is 10.1 Å². The standard InChI is InChI=1S/C14H21ClN2O3S.ClH/c1-10-7-11(3-4-13(10)15)14-12(8-16-5-6-20-14)9-17-21(2,18)19;/h3-4,7,12,14,16-17H,5-6,8-9H2,1-2H3;1H/t12-,14-;/m1./s1. The van der Waals surface area contributed by atoms with Gasteiger partial charge in [-0.15, -0.1) is 12.4 Å². The summed E-state index contributed by atoms with van der Waals surface area (Å²) in [5, 5.41) is 3.99. The van der Waals surface area contributed by atoms with Gasteiger partial charge in [0.25, 0.3) is 0 Å². The first-order valence-electron chi connectivity index (χ1n) is 6.90. The molecule has 1 aromatic carbocycles. The third-order valence-corrected chi connectivity index (χ3v) is 4.64. The van der Waals surface area contributed by atoms with E-state index in [2.05, 4.69) is 10.0 Å². The van der Waals surface area contributed by atoms with Crippen LogP contribution in [0.5, 0.6) is 0 Å². The van der Waals surface area contributed by atoms with Gasteiger partial charge in [0, 0.05) is 30.6 Å². The van der Waals surface area contributed by atoms with E-state index in [0.717, 1.165) is 22.7 Å². The highest BCUT2D eigenvalue weighted by Crippen LogP contribution is 2.29. The fourth-order valence-electron chi connectivity index (χ4n) is 2.44. The summed E-state index contributed by atoms with van der Waals surface area (Å²) in [5.74, 6) is 0.0304. The van der Waals surface area contributed by atoms with E-state index in [-0.39, 0.29) is 24.4 Å². The second-order valence-corrected chi connectivity index (χ2v) is 7.63. The van der Waals surface area contributed by atoms with Crippen molar-refractivity contribution in [2.75, 3.05) is 32.5 Å². The molecule has 22 heavy (non-hydrogen) atoms. The predicted molar refractivity (Wildman–Crippen MR) is 91.3 cm³/mol. The zero-order chi connectivity index (χ0) is 15.5. The Morgan fingerprint density at radius 3 is 2.82 bits per heavy atom. The number of ether oxygens (including phenoxy) is 1. The van der Waals surface area contributed by atoms with Crippen LogP contribution in [0.1, 0.15) is 17.2 Å². The summed E-state index contributed by atoms with van der Waals surface area (Å²) >= 11 is 6.06. The number of hydrogen-bond donors (Lipinski definition) is 2. The van der Waals surface area contributed by atoms with Gasteiger partial charge in [-0.05, 0) is 24.1 Å². The van der Waals surface area contributed by atoms with Crippen molar-refractivity contribution < 1.29 is 13.2 Å². The van der Waals surface area contributed by atoms with Crippen molar-refractivity contribution in [3.8, 4) is 0 Å². The average molecular weight is 369 g/mol. The highest BCUT2D eigenvalue weighted by molar-refractivity contribution is 7.88. The van der Waals surface area contributed by atoms with Crippen LogP contribution in [0, 0.1) is 12.8 Å². The molecule has 2 N–H and O–H groups in total. The molecule has 0 spiro atoms. The molecule has 0 aliphatic carbocycles. The van der Waals surface area contributed by atoms with Gasteiger partial charge in [0.1, 0.15) is 0 Å². The molecule has 0 aromatic heterocycles. The van der Waals surface area contributed by atoms with Gasteiger partial charge >= 0.3 is 0 Å². The summed E-state index contributed by atoms with van der Waals surface area (Å²) in [6.07, 6.45) is 1.02. The molecule has 2 rings (SSSR count). The summed E-state index contributed by atoms with van der Waals surface area (Å²) in [5.41, 5.74) is 2.02. The summed E-state index contributed by atoms with van der Waals surface area (Å²) in [6.45, 7) is 4.36. The van der Waals surface area contributed by atoms with Crippen LogP contribution in [-0.4, -0.2) is 40.9 Å². The number of benzene rings is 1. The van der Waals surface area contributed by atoms with Crippen molar-refractivity contribution in [1.29, 1.82) is 0 Å². The highest BCUT2D eigenvalue weighted by atomic mass is 35.5. The minimum atomic E-state index is -3.21. The van der Waals surface area contributed by atoms with Crippen LogP contribution in [0.3, 0.4) is 0 Å². The SMILES string of the molecule is Cc1cc([C@H]2OCCNC[C@@H]2CNS(C)(=O)=O)ccc1Cl.Cl. The van der Waals surface area contributed by atoms with Gasteiger partial charge in [-0.1, -0.05) is 23.7 Å². The molecule has 1 aromatic rings. The van der Waals surface area contributed by atoms with Crippen molar-refractivity contribution in [2.24, 2.45) is 5.92 Å². The fraction of sp³-hybridized carbons (Fsp3) is 0.571. The molecule has 0 unspecified atom stereocenters. The van der Waals surface area contributed by atoms with Crippen LogP contribution in [0.2, 0.25) is 5.02 Å². The Bertz CT molecular complexity index is 596. The van der Waals surface area contributed by atoms with Crippen LogP contribution in [-0.2, 0) is 14.8 Å². The highest BCUT2D eigenvalue weighted by Gasteiger charge is 2.27. The molecule has 0 bridgehead atoms. The number of hydrogen-bond acceptors (Lipinski definition) is 4. The molecular weight excluding hydrogens is 347 g/mol. The Hall–Kier alpha value is -0.370. The quantitative estimate of drug-likeness (QED) is 0.851. The van der Waals surface area contributed by atoms with Crippen molar-refractivity contribution in [3.05, 3.63) is 34.3 Å². The zero-order valence-corrected chi connectivity index (χ0v) is 15.0. The van der Waals surface area contributed by atoms with E-state index < -0.39 is 10.0 Å². The summed E-state index contributed by atoms with van der Waals surface area (Å²) < 4.78 is 31.1. The third-order valence-electron chi connectivity index (χ3n) is 3.53. The number of sulfonamides is 1. The minimum Gasteiger partial charge on any atom is -0.372 e. The molecule has 0 radical (unpaired) electrons. The van der Waals surface area contributed by atoms with E-state index in [1.807, 2.05) is 25.1 Å². The molecule has 2 atom stereocenters. The van der Waals surface area contributed by atoms with Crippen LogP contribution in [0.4, 0.5) is 0 Å². The number of halogens is 2. The van der Waals surface area contributed by atoms with Crippen LogP contribution in [0.15, 0.2) is 18.2 Å². The summed E-state index contributed by atoms with van der Waals surface area (Å²) in [4.78, 5) is 0. The Labute approximate surface area is 143 Å². The topological polar surface area (TPSA) is 67.4 Å². The first-order chi connectivity index (χ1) is 9.87. The molecule has 0 saturated carbocycles. The number of rotatable bonds is 4. The monoisotopic (exact) mass is 368 g/mol. The first kappa shape index (κ1) is 19.7. The first-order valence-corrected chi connectivity index (χ1v) is 9.17. The second kappa shape index (κ2) is 8.47. The molecule has 1 aliphatic heterocycles. The smallest absolute Gasteiger partial charge is 0.208 e. The van der Waals surface area contributed by atoms with E-state index in [4.69, 9.17) is 16.3 Å². The van der Waals surface area contributed by atoms with Crippen LogP contribution >= 0.6 is 24.0 Å². The van der Waals surface area contributed by atoms with Crippen molar-refractivity contribution in [1.82, 2.24) is 10.0 Å². The molecule has 1 aliphatic rings. The fourth-order valence-corrected chi connectivity index (χ4v) is 3.07. The van der Waals surface area contributed by atoms with Gasteiger partial charge in [-0.3, -0.25) is 0 Å². The molecule has 0 amide bonds.